The first-order valence-corrected chi connectivity index (χ1v) is 10.9. The topological polar surface area (TPSA) is 30.8 Å². The Balaban J connectivity index is 2.53. The van der Waals surface area contributed by atoms with Crippen molar-refractivity contribution in [3.8, 4) is 11.5 Å². The summed E-state index contributed by atoms with van der Waals surface area (Å²) in [6, 6.07) is 20.1. The Kier molecular flexibility index (Phi) is 7.58. The van der Waals surface area contributed by atoms with E-state index in [4.69, 9.17) is 13.8 Å². The average Bonchev–Trinajstić information content (AvgIpc) is 2.64. The zero-order valence-electron chi connectivity index (χ0n) is 15.8. The molecule has 4 heteroatoms. The van der Waals surface area contributed by atoms with Crippen LogP contribution in [0.15, 0.2) is 65.4 Å². The smallest absolute Gasteiger partial charge is 0.317 e. The van der Waals surface area contributed by atoms with Crippen molar-refractivity contribution >= 4 is 7.51 Å². The highest BCUT2D eigenvalue weighted by Crippen LogP contribution is 2.58. The van der Waals surface area contributed by atoms with Crippen molar-refractivity contribution in [2.24, 2.45) is 4.74 Å². The molecule has 0 fully saturated rings. The number of benzene rings is 2. The van der Waals surface area contributed by atoms with Crippen LogP contribution in [0.5, 0.6) is 11.5 Å². The molecule has 0 saturated carbocycles. The van der Waals surface area contributed by atoms with Crippen LogP contribution < -0.4 is 9.05 Å². The molecular formula is C21H30NO2P. The van der Waals surface area contributed by atoms with Gasteiger partial charge in [-0.3, -0.25) is 0 Å². The molecule has 0 aliphatic rings. The second-order valence-electron chi connectivity index (χ2n) is 6.22. The number of rotatable bonds is 9. The monoisotopic (exact) mass is 359 g/mol. The molecule has 0 aromatic heterocycles. The fourth-order valence-corrected chi connectivity index (χ4v) is 5.78. The van der Waals surface area contributed by atoms with Gasteiger partial charge in [-0.2, -0.15) is 0 Å². The largest absolute Gasteiger partial charge is 0.430 e. The third kappa shape index (κ3) is 5.37. The molecule has 0 aliphatic heterocycles. The van der Waals surface area contributed by atoms with Crippen molar-refractivity contribution in [3.63, 3.8) is 0 Å². The van der Waals surface area contributed by atoms with Crippen molar-refractivity contribution in [1.82, 2.24) is 0 Å². The summed E-state index contributed by atoms with van der Waals surface area (Å²) in [5.74, 6) is 1.65. The minimum atomic E-state index is -2.50. The highest BCUT2D eigenvalue weighted by atomic mass is 31.2. The fraction of sp³-hybridized carbons (Fsp3) is 0.429. The molecule has 2 aromatic rings. The van der Waals surface area contributed by atoms with Crippen molar-refractivity contribution < 1.29 is 9.05 Å². The minimum absolute atomic E-state index is 0.196. The van der Waals surface area contributed by atoms with Gasteiger partial charge in [0.1, 0.15) is 11.5 Å². The van der Waals surface area contributed by atoms with Gasteiger partial charge in [0.2, 0.25) is 0 Å². The van der Waals surface area contributed by atoms with Gasteiger partial charge in [-0.15, -0.1) is 0 Å². The van der Waals surface area contributed by atoms with Crippen LogP contribution in [0.3, 0.4) is 0 Å². The van der Waals surface area contributed by atoms with Crippen LogP contribution in [0.2, 0.25) is 0 Å². The highest BCUT2D eigenvalue weighted by Gasteiger charge is 2.35. The maximum absolute atomic E-state index is 6.54. The predicted octanol–water partition coefficient (Wildman–Crippen LogP) is 7.16. The number of hydrogen-bond donors (Lipinski definition) is 0. The maximum atomic E-state index is 6.54. The van der Waals surface area contributed by atoms with E-state index in [2.05, 4.69) is 27.7 Å². The zero-order valence-corrected chi connectivity index (χ0v) is 16.7. The SMILES string of the molecule is CCC(C)N=P(Oc1ccccc1)(Oc1ccccc1)C(CC)CC. The summed E-state index contributed by atoms with van der Waals surface area (Å²) in [6.45, 7) is 8.68. The van der Waals surface area contributed by atoms with Crippen molar-refractivity contribution in [1.29, 1.82) is 0 Å². The molecular weight excluding hydrogens is 329 g/mol. The van der Waals surface area contributed by atoms with E-state index < -0.39 is 7.51 Å². The Bertz CT molecular complexity index is 623. The quantitative estimate of drug-likeness (QED) is 0.445. The number of hydrogen-bond acceptors (Lipinski definition) is 3. The summed E-state index contributed by atoms with van der Waals surface area (Å²) < 4.78 is 18.2. The van der Waals surface area contributed by atoms with Gasteiger partial charge in [0.15, 0.2) is 0 Å². The Morgan fingerprint density at radius 3 is 1.56 bits per heavy atom. The molecule has 0 saturated heterocycles. The molecule has 0 amide bonds. The molecule has 2 aromatic carbocycles. The molecule has 3 nitrogen and oxygen atoms in total. The second kappa shape index (κ2) is 9.68. The summed E-state index contributed by atoms with van der Waals surface area (Å²) >= 11 is 0. The van der Waals surface area contributed by atoms with Gasteiger partial charge in [-0.1, -0.05) is 57.2 Å². The first-order chi connectivity index (χ1) is 12.1. The predicted molar refractivity (Wildman–Crippen MR) is 108 cm³/mol. The summed E-state index contributed by atoms with van der Waals surface area (Å²) in [4.78, 5) is 0. The van der Waals surface area contributed by atoms with E-state index in [0.29, 0.717) is 0 Å². The molecule has 2 rings (SSSR count). The van der Waals surface area contributed by atoms with Gasteiger partial charge in [0.25, 0.3) is 0 Å². The van der Waals surface area contributed by atoms with Crippen LogP contribution in [0, 0.1) is 0 Å². The van der Waals surface area contributed by atoms with Crippen LogP contribution in [0.25, 0.3) is 0 Å². The first kappa shape index (κ1) is 19.6. The van der Waals surface area contributed by atoms with Gasteiger partial charge in [-0.25, -0.2) is 4.74 Å². The van der Waals surface area contributed by atoms with Crippen LogP contribution >= 0.6 is 7.51 Å². The minimum Gasteiger partial charge on any atom is -0.430 e. The summed E-state index contributed by atoms with van der Waals surface area (Å²) in [5, 5.41) is 0. The van der Waals surface area contributed by atoms with E-state index >= 15 is 0 Å². The van der Waals surface area contributed by atoms with E-state index in [1.165, 1.54) is 0 Å². The van der Waals surface area contributed by atoms with Crippen LogP contribution in [0.4, 0.5) is 0 Å². The summed E-state index contributed by atoms with van der Waals surface area (Å²) in [7, 11) is -2.50. The Morgan fingerprint density at radius 2 is 1.20 bits per heavy atom. The van der Waals surface area contributed by atoms with E-state index in [9.17, 15) is 0 Å². The van der Waals surface area contributed by atoms with Gasteiger partial charge in [-0.05, 0) is 50.5 Å². The van der Waals surface area contributed by atoms with Gasteiger partial charge < -0.3 is 9.05 Å². The molecule has 0 N–H and O–H groups in total. The molecule has 1 atom stereocenters. The summed E-state index contributed by atoms with van der Waals surface area (Å²) in [5.41, 5.74) is 0.266. The number of nitrogens with zero attached hydrogens (tertiary/aromatic N) is 1. The van der Waals surface area contributed by atoms with Gasteiger partial charge in [0, 0.05) is 0 Å². The van der Waals surface area contributed by atoms with Crippen molar-refractivity contribution in [3.05, 3.63) is 60.7 Å². The fourth-order valence-electron chi connectivity index (χ4n) is 2.68. The Labute approximate surface area is 152 Å². The molecule has 1 unspecified atom stereocenters. The Morgan fingerprint density at radius 1 is 0.760 bits per heavy atom. The lowest BCUT2D eigenvalue weighted by Gasteiger charge is -2.32. The Hall–Kier alpha value is -1.73. The molecule has 136 valence electrons. The normalized spacial score (nSPS) is 12.7. The molecule has 0 aliphatic carbocycles. The van der Waals surface area contributed by atoms with Gasteiger partial charge in [0.05, 0.1) is 11.7 Å². The molecule has 0 radical (unpaired) electrons. The molecule has 25 heavy (non-hydrogen) atoms. The molecule has 0 bridgehead atoms. The van der Waals surface area contributed by atoms with Crippen LogP contribution in [0.1, 0.15) is 47.0 Å². The second-order valence-corrected chi connectivity index (χ2v) is 8.67. The van der Waals surface area contributed by atoms with E-state index in [1.807, 2.05) is 60.7 Å². The first-order valence-electron chi connectivity index (χ1n) is 9.23. The standard InChI is InChI=1S/C21H30NO2P/c1-5-18(4)22-25(21(6-2)7-3,23-19-14-10-8-11-15-19)24-20-16-12-9-13-17-20/h8-18,21H,5-7H2,1-4H3. The lowest BCUT2D eigenvalue weighted by molar-refractivity contribution is 0.444. The lowest BCUT2D eigenvalue weighted by atomic mass is 10.3. The van der Waals surface area contributed by atoms with E-state index in [1.54, 1.807) is 0 Å². The molecule has 0 heterocycles. The zero-order chi connectivity index (χ0) is 18.1. The highest BCUT2D eigenvalue weighted by molar-refractivity contribution is 7.58. The van der Waals surface area contributed by atoms with Crippen molar-refractivity contribution in [2.75, 3.05) is 0 Å². The number of para-hydroxylation sites is 2. The summed E-state index contributed by atoms with van der Waals surface area (Å²) in [6.07, 6.45) is 2.92. The van der Waals surface area contributed by atoms with E-state index in [-0.39, 0.29) is 11.7 Å². The average molecular weight is 359 g/mol. The third-order valence-electron chi connectivity index (χ3n) is 4.31. The van der Waals surface area contributed by atoms with Crippen molar-refractivity contribution in [2.45, 2.75) is 58.7 Å². The lowest BCUT2D eigenvalue weighted by Crippen LogP contribution is -2.18. The van der Waals surface area contributed by atoms with E-state index in [0.717, 1.165) is 30.8 Å². The maximum Gasteiger partial charge on any atom is 0.317 e. The van der Waals surface area contributed by atoms with Crippen LogP contribution in [-0.4, -0.2) is 11.7 Å². The van der Waals surface area contributed by atoms with Crippen LogP contribution in [-0.2, 0) is 0 Å². The third-order valence-corrected chi connectivity index (χ3v) is 7.63. The van der Waals surface area contributed by atoms with Gasteiger partial charge >= 0.3 is 7.51 Å². The molecule has 0 spiro atoms.